The van der Waals surface area contributed by atoms with Gasteiger partial charge in [0.05, 0.1) is 9.85 Å². The SMILES string of the molecule is C.C=Cc1cccc(-c2cccc([N+](=O)[O-])c2)c1.C=Cc1cccc(Br)c1.O=[N+]([O-])c1cccc(B(O)O)c1.[Pd].c1ccc(P(c2ccccc2)c2ccccc2)cc1.c1ccc(P(c2ccccc2)c2ccccc2)cc1.c1ccc(P(c2ccccc2)c2ccccc2)cc1.c1ccc(P(c2ccccc2)c2ccccc2)cc1. The molecule has 0 heterocycles. The van der Waals surface area contributed by atoms with Gasteiger partial charge in [-0.15, -0.1) is 0 Å². The molecule has 0 saturated carbocycles. The molecule has 16 aromatic carbocycles. The Morgan fingerprint density at radius 2 is 0.466 bits per heavy atom. The Kier molecular flexibility index (Phi) is 38.9. The van der Waals surface area contributed by atoms with Crippen molar-refractivity contribution in [2.45, 2.75) is 7.43 Å². The van der Waals surface area contributed by atoms with Crippen LogP contribution in [-0.2, 0) is 20.4 Å². The van der Waals surface area contributed by atoms with E-state index in [1.165, 1.54) is 87.9 Å². The van der Waals surface area contributed by atoms with Crippen LogP contribution in [0, 0.1) is 20.2 Å². The van der Waals surface area contributed by atoms with E-state index in [0.29, 0.717) is 0 Å². The molecule has 0 spiro atoms. The van der Waals surface area contributed by atoms with Crippen molar-refractivity contribution < 1.29 is 40.3 Å². The molecule has 0 aliphatic rings. The van der Waals surface area contributed by atoms with Gasteiger partial charge in [0, 0.05) is 49.2 Å². The second-order valence-corrected chi connectivity index (χ2v) is 34.8. The number of benzene rings is 16. The fraction of sp³-hybridized carbons (Fsp3) is 0.00990. The second-order valence-electron chi connectivity index (χ2n) is 25.0. The molecule has 8 nitrogen and oxygen atoms in total. The smallest absolute Gasteiger partial charge is 0.423 e. The molecular weight excluding hydrogens is 1660 g/mol. The average Bonchev–Trinajstić information content (AvgIpc) is 0.837. The topological polar surface area (TPSA) is 127 Å². The first-order chi connectivity index (χ1) is 55.9. The van der Waals surface area contributed by atoms with Gasteiger partial charge in [0.15, 0.2) is 0 Å². The quantitative estimate of drug-likeness (QED) is 0.0381. The number of hydrogen-bond acceptors (Lipinski definition) is 6. The van der Waals surface area contributed by atoms with Crippen LogP contribution in [0.25, 0.3) is 23.3 Å². The Balaban J connectivity index is 0.000000170. The second kappa shape index (κ2) is 50.1. The van der Waals surface area contributed by atoms with Gasteiger partial charge in [-0.2, -0.15) is 0 Å². The molecule has 0 bridgehead atoms. The van der Waals surface area contributed by atoms with Crippen LogP contribution >= 0.6 is 47.6 Å². The molecule has 16 rings (SSSR count). The van der Waals surface area contributed by atoms with Gasteiger partial charge in [0.2, 0.25) is 0 Å². The summed E-state index contributed by atoms with van der Waals surface area (Å²) in [5, 5.41) is 55.0. The Morgan fingerprint density at radius 3 is 0.672 bits per heavy atom. The molecule has 578 valence electrons. The number of non-ortho nitro benzene ring substituents is 2. The van der Waals surface area contributed by atoms with Gasteiger partial charge in [-0.25, -0.2) is 0 Å². The van der Waals surface area contributed by atoms with E-state index >= 15 is 0 Å². The van der Waals surface area contributed by atoms with Crippen molar-refractivity contribution in [2.75, 3.05) is 0 Å². The monoisotopic (exact) mass is 1740 g/mol. The molecule has 0 amide bonds. The van der Waals surface area contributed by atoms with Crippen molar-refractivity contribution >= 4 is 147 Å². The summed E-state index contributed by atoms with van der Waals surface area (Å²) in [5.74, 6) is 0. The van der Waals surface area contributed by atoms with E-state index in [-0.39, 0.29) is 49.6 Å². The van der Waals surface area contributed by atoms with Gasteiger partial charge in [-0.05, 0) is 141 Å². The third kappa shape index (κ3) is 28.6. The van der Waals surface area contributed by atoms with E-state index in [1.807, 2.05) is 60.7 Å². The minimum Gasteiger partial charge on any atom is -0.423 e. The van der Waals surface area contributed by atoms with E-state index in [1.54, 1.807) is 18.2 Å². The molecule has 15 heteroatoms. The van der Waals surface area contributed by atoms with Crippen LogP contribution in [0.15, 0.2) is 479 Å². The van der Waals surface area contributed by atoms with E-state index in [9.17, 15) is 20.2 Å². The zero-order chi connectivity index (χ0) is 79.7. The maximum atomic E-state index is 10.7. The molecule has 116 heavy (non-hydrogen) atoms. The third-order valence-corrected chi connectivity index (χ3v) is 27.4. The largest absolute Gasteiger partial charge is 0.488 e. The van der Waals surface area contributed by atoms with Crippen molar-refractivity contribution in [3.05, 3.63) is 510 Å². The van der Waals surface area contributed by atoms with Crippen LogP contribution in [0.1, 0.15) is 18.6 Å². The summed E-state index contributed by atoms with van der Waals surface area (Å²) >= 11 is 3.36. The summed E-state index contributed by atoms with van der Waals surface area (Å²) in [6.45, 7) is 7.35. The summed E-state index contributed by atoms with van der Waals surface area (Å²) in [4.78, 5) is 19.9. The third-order valence-electron chi connectivity index (χ3n) is 17.1. The Bertz CT molecular complexity index is 4640. The first-order valence-electron chi connectivity index (χ1n) is 36.7. The minimum absolute atomic E-state index is 0. The molecule has 0 radical (unpaired) electrons. The van der Waals surface area contributed by atoms with Crippen molar-refractivity contribution in [1.29, 1.82) is 0 Å². The number of hydrogen-bond donors (Lipinski definition) is 2. The van der Waals surface area contributed by atoms with Gasteiger partial charge in [-0.1, -0.05) is 467 Å². The number of halogens is 1. The molecular formula is C101H88BBrN2O6P4Pd. The van der Waals surface area contributed by atoms with Gasteiger partial charge in [-0.3, -0.25) is 20.2 Å². The fourth-order valence-corrected chi connectivity index (χ4v) is 21.4. The summed E-state index contributed by atoms with van der Waals surface area (Å²) in [5.41, 5.74) is 3.99. The maximum absolute atomic E-state index is 10.7. The number of rotatable bonds is 18. The van der Waals surface area contributed by atoms with Crippen molar-refractivity contribution in [3.63, 3.8) is 0 Å². The molecule has 16 aromatic rings. The van der Waals surface area contributed by atoms with Gasteiger partial charge >= 0.3 is 7.12 Å². The van der Waals surface area contributed by atoms with Crippen LogP contribution in [-0.4, -0.2) is 27.0 Å². The van der Waals surface area contributed by atoms with Crippen LogP contribution in [0.3, 0.4) is 0 Å². The van der Waals surface area contributed by atoms with Gasteiger partial charge < -0.3 is 10.0 Å². The van der Waals surface area contributed by atoms with Crippen molar-refractivity contribution in [2.24, 2.45) is 0 Å². The predicted octanol–water partition coefficient (Wildman–Crippen LogP) is 20.7. The Labute approximate surface area is 710 Å². The standard InChI is InChI=1S/4C18H15P.C14H11NO2.C8H7Br.C6H6BNO4.CH4.Pd/c4*1-4-10-16(11-5-1)19(17-12-6-2-7-13-17)18-14-8-3-9-15-18;1-2-11-5-3-6-12(9-11)13-7-4-8-14(10-13)15(16)17;1-2-7-4-3-5-8(9)6-7;9-7(10)5-2-1-3-6(4-5)8(11)12;;/h4*1-15H;2-10H,1H2;2-6H,1H2;1-4,9-10H;1H4;. The van der Waals surface area contributed by atoms with Crippen LogP contribution in [0.5, 0.6) is 0 Å². The molecule has 0 fully saturated rings. The molecule has 0 aliphatic heterocycles. The average molecular weight is 1750 g/mol. The molecule has 0 aromatic heterocycles. The van der Waals surface area contributed by atoms with E-state index < -0.39 is 43.7 Å². The summed E-state index contributed by atoms with van der Waals surface area (Å²) < 4.78 is 1.10. The molecule has 0 atom stereocenters. The predicted molar refractivity (Wildman–Crippen MR) is 503 cm³/mol. The van der Waals surface area contributed by atoms with Crippen LogP contribution in [0.4, 0.5) is 11.4 Å². The first kappa shape index (κ1) is 90.2. The van der Waals surface area contributed by atoms with E-state index in [0.717, 1.165) is 32.8 Å². The summed E-state index contributed by atoms with van der Waals surface area (Å²) in [6, 6.07) is 157. The fourth-order valence-electron chi connectivity index (χ4n) is 11.8. The summed E-state index contributed by atoms with van der Waals surface area (Å²) in [7, 11) is -3.45. The molecule has 0 aliphatic carbocycles. The maximum Gasteiger partial charge on any atom is 0.488 e. The van der Waals surface area contributed by atoms with Gasteiger partial charge in [0.25, 0.3) is 11.4 Å². The van der Waals surface area contributed by atoms with Crippen molar-refractivity contribution in [3.8, 4) is 11.1 Å². The van der Waals surface area contributed by atoms with Crippen molar-refractivity contribution in [1.82, 2.24) is 0 Å². The normalized spacial score (nSPS) is 10.1. The Hall–Kier alpha value is -11.4. The van der Waals surface area contributed by atoms with Crippen LogP contribution < -0.4 is 69.1 Å². The molecule has 2 N–H and O–H groups in total. The molecule has 0 unspecified atom stereocenters. The molecule has 0 saturated heterocycles. The first-order valence-corrected chi connectivity index (χ1v) is 42.9. The zero-order valence-corrected chi connectivity index (χ0v) is 69.6. The minimum atomic E-state index is -1.66. The van der Waals surface area contributed by atoms with Crippen LogP contribution in [0.2, 0.25) is 0 Å². The van der Waals surface area contributed by atoms with E-state index in [4.69, 9.17) is 10.0 Å². The van der Waals surface area contributed by atoms with Gasteiger partial charge in [0.1, 0.15) is 0 Å². The number of nitro groups is 2. The zero-order valence-electron chi connectivity index (χ0n) is 62.9. The Morgan fingerprint density at radius 1 is 0.267 bits per heavy atom. The van der Waals surface area contributed by atoms with E-state index in [2.05, 4.69) is 393 Å². The number of nitro benzene ring substituents is 2. The number of nitrogens with zero attached hydrogens (tertiary/aromatic N) is 2. The summed E-state index contributed by atoms with van der Waals surface area (Å²) in [6.07, 6.45) is 3.58.